The second-order valence-electron chi connectivity index (χ2n) is 33.0. The summed E-state index contributed by atoms with van der Waals surface area (Å²) >= 11 is 3.79. The Morgan fingerprint density at radius 3 is 1.30 bits per heavy atom. The quantitative estimate of drug-likeness (QED) is 0.121. The Hall–Kier alpha value is -14.9. The predicted molar refractivity (Wildman–Crippen MR) is 514 cm³/mol. The molecular weight excluding hydrogens is 1520 g/mol. The van der Waals surface area contributed by atoms with Crippen LogP contribution in [-0.2, 0) is 5.41 Å². The molecule has 3 aromatic heterocycles. The van der Waals surface area contributed by atoms with E-state index >= 15 is 0 Å². The summed E-state index contributed by atoms with van der Waals surface area (Å²) in [6.07, 6.45) is 8.74. The van der Waals surface area contributed by atoms with Gasteiger partial charge in [-0.15, -0.1) is 22.7 Å². The van der Waals surface area contributed by atoms with E-state index in [1.807, 2.05) is 22.7 Å². The van der Waals surface area contributed by atoms with E-state index in [0.717, 1.165) is 140 Å². The zero-order chi connectivity index (χ0) is 79.8. The third-order valence-corrected chi connectivity index (χ3v) is 28.9. The minimum atomic E-state index is -0.672. The van der Waals surface area contributed by atoms with Crippen LogP contribution in [0.5, 0.6) is 5.75 Å². The minimum Gasteiger partial charge on any atom is -0.484 e. The van der Waals surface area contributed by atoms with E-state index in [2.05, 4.69) is 428 Å². The van der Waals surface area contributed by atoms with Crippen molar-refractivity contribution in [1.29, 1.82) is 0 Å². The Balaban J connectivity index is 0.816. The molecule has 0 spiro atoms. The molecule has 0 fully saturated rings. The van der Waals surface area contributed by atoms with E-state index < -0.39 is 5.41 Å². The monoisotopic (exact) mass is 1590 g/mol. The fourth-order valence-electron chi connectivity index (χ4n) is 21.4. The van der Waals surface area contributed by atoms with Gasteiger partial charge < -0.3 is 19.0 Å². The zero-order valence-corrected chi connectivity index (χ0v) is 67.7. The van der Waals surface area contributed by atoms with Crippen molar-refractivity contribution in [2.45, 2.75) is 17.4 Å². The molecule has 4 nitrogen and oxygen atoms in total. The molecule has 122 heavy (non-hydrogen) atoms. The maximum absolute atomic E-state index is 6.98. The molecule has 0 radical (unpaired) electrons. The van der Waals surface area contributed by atoms with Gasteiger partial charge in [-0.3, -0.25) is 0 Å². The molecule has 18 aromatic carbocycles. The molecule has 0 saturated carbocycles. The molecule has 568 valence electrons. The Morgan fingerprint density at radius 2 is 0.730 bits per heavy atom. The van der Waals surface area contributed by atoms with Crippen molar-refractivity contribution in [3.05, 3.63) is 446 Å². The molecule has 2 atom stereocenters. The van der Waals surface area contributed by atoms with Gasteiger partial charge in [0.25, 0.3) is 6.71 Å². The lowest BCUT2D eigenvalue weighted by molar-refractivity contribution is 0.270. The number of rotatable bonds is 11. The number of para-hydroxylation sites is 5. The van der Waals surface area contributed by atoms with E-state index in [1.54, 1.807) is 0 Å². The number of anilines is 6. The van der Waals surface area contributed by atoms with Crippen LogP contribution in [0, 0.1) is 0 Å². The van der Waals surface area contributed by atoms with Crippen LogP contribution in [-0.4, -0.2) is 12.8 Å². The Morgan fingerprint density at radius 1 is 0.287 bits per heavy atom. The van der Waals surface area contributed by atoms with Crippen molar-refractivity contribution in [2.75, 3.05) is 9.80 Å². The highest BCUT2D eigenvalue weighted by atomic mass is 32.1. The van der Waals surface area contributed by atoms with Crippen molar-refractivity contribution < 1.29 is 9.15 Å². The molecule has 21 aromatic rings. The maximum Gasteiger partial charge on any atom is 0.252 e. The summed E-state index contributed by atoms with van der Waals surface area (Å²) in [6.45, 7) is -0.310. The van der Waals surface area contributed by atoms with Gasteiger partial charge in [-0.1, -0.05) is 340 Å². The van der Waals surface area contributed by atoms with Crippen LogP contribution in [0.25, 0.3) is 151 Å². The van der Waals surface area contributed by atoms with Gasteiger partial charge in [0.05, 0.1) is 16.8 Å². The first-order chi connectivity index (χ1) is 60.5. The molecular formula is C115H71BN2O2S2. The zero-order valence-electron chi connectivity index (χ0n) is 66.1. The first-order valence-electron chi connectivity index (χ1n) is 42.2. The van der Waals surface area contributed by atoms with Crippen molar-refractivity contribution >= 4 is 142 Å². The summed E-state index contributed by atoms with van der Waals surface area (Å²) in [5.74, 6) is 1.13. The van der Waals surface area contributed by atoms with Crippen molar-refractivity contribution in [2.24, 2.45) is 0 Å². The third-order valence-electron chi connectivity index (χ3n) is 26.7. The van der Waals surface area contributed by atoms with Gasteiger partial charge in [0, 0.05) is 119 Å². The Labute approximate surface area is 714 Å². The summed E-state index contributed by atoms with van der Waals surface area (Å²) in [6, 6.07) is 149. The number of nitrogens with zero attached hydrogens (tertiary/aromatic N) is 2. The predicted octanol–water partition coefficient (Wildman–Crippen LogP) is 29.4. The molecule has 0 saturated heterocycles. The number of fused-ring (bicyclic) bond motifs is 19. The van der Waals surface area contributed by atoms with E-state index in [1.165, 1.54) is 95.7 Å². The molecule has 3 aliphatic heterocycles. The molecule has 5 aliphatic rings. The average Bonchev–Trinajstić information content (AvgIpc) is 1.13. The van der Waals surface area contributed by atoms with Gasteiger partial charge in [0.15, 0.2) is 0 Å². The minimum absolute atomic E-state index is 0.0423. The molecule has 6 heterocycles. The molecule has 0 N–H and O–H groups in total. The highest BCUT2D eigenvalue weighted by Gasteiger charge is 2.49. The number of hydrogen-bond acceptors (Lipinski definition) is 6. The summed E-state index contributed by atoms with van der Waals surface area (Å²) in [7, 11) is 0. The topological polar surface area (TPSA) is 28.9 Å². The van der Waals surface area contributed by atoms with Gasteiger partial charge in [-0.2, -0.15) is 0 Å². The number of ether oxygens (including phenoxy) is 1. The molecule has 2 unspecified atom stereocenters. The molecule has 0 amide bonds. The number of benzene rings is 18. The van der Waals surface area contributed by atoms with E-state index in [4.69, 9.17) is 9.15 Å². The van der Waals surface area contributed by atoms with Crippen LogP contribution in [0.2, 0.25) is 0 Å². The fraction of sp³-hybridized carbons (Fsp3) is 0.0261. The number of hydrogen-bond donors (Lipinski definition) is 0. The summed E-state index contributed by atoms with van der Waals surface area (Å²) in [5, 5.41) is 7.03. The number of allylic oxidation sites excluding steroid dienone is 2. The SMILES string of the molecule is C1=CC2Oc3c(-c4ccc5sc6cc7c(cc6c5c4)N(c4c(-c5ccccc5)cccc4-c4ccccc4)c4cc(-c5ccc6c(c5)C(c5ccccc5)(c5ccccc5)c5ccccc5-6)cc5c4B7c4cc6sc7ccc(-c8cccc9c8oc8ccccc89)cc7c6cc4N5c4c(-c5ccccc5)cccc4-c4ccccc4)cccc3C2C=C1. The van der Waals surface area contributed by atoms with Crippen LogP contribution in [0.1, 0.15) is 33.7 Å². The lowest BCUT2D eigenvalue weighted by atomic mass is 9.33. The summed E-state index contributed by atoms with van der Waals surface area (Å²) < 4.78 is 18.7. The van der Waals surface area contributed by atoms with Gasteiger partial charge in [0.2, 0.25) is 0 Å². The largest absolute Gasteiger partial charge is 0.484 e. The molecule has 7 heteroatoms. The summed E-state index contributed by atoms with van der Waals surface area (Å²) in [4.78, 5) is 5.47. The Kier molecular flexibility index (Phi) is 15.3. The van der Waals surface area contributed by atoms with Gasteiger partial charge in [-0.05, 0) is 173 Å². The average molecular weight is 1590 g/mol. The first-order valence-corrected chi connectivity index (χ1v) is 43.8. The number of furan rings is 1. The van der Waals surface area contributed by atoms with Crippen LogP contribution < -0.4 is 30.9 Å². The maximum atomic E-state index is 6.98. The molecule has 26 rings (SSSR count). The van der Waals surface area contributed by atoms with Gasteiger partial charge in [0.1, 0.15) is 23.0 Å². The third kappa shape index (κ3) is 10.3. The smallest absolute Gasteiger partial charge is 0.252 e. The van der Waals surface area contributed by atoms with Crippen molar-refractivity contribution in [3.63, 3.8) is 0 Å². The Bertz CT molecular complexity index is 7840. The molecule has 2 aliphatic carbocycles. The van der Waals surface area contributed by atoms with Crippen molar-refractivity contribution in [3.8, 4) is 94.8 Å². The second-order valence-corrected chi connectivity index (χ2v) is 35.2. The first kappa shape index (κ1) is 69.1. The van der Waals surface area contributed by atoms with Crippen molar-refractivity contribution in [1.82, 2.24) is 0 Å². The van der Waals surface area contributed by atoms with Gasteiger partial charge in [-0.25, -0.2) is 0 Å². The standard InChI is InChI=1S/C115H71BN2O2S2/c1-7-29-70(30-8-1)80-44-25-45-81(71-31-9-2-10-32-71)111(80)117-100-66-94-92-61-75(84-48-27-50-90-88-42-20-23-53-104(88)119-113(84)90)56-59-106(92)121-108(94)68-98(100)116-99-69-109-95(93-62-76(57-60-107(93)122-109)85-49-28-51-91-89-43-21-24-54-105(89)120-114(85)91)67-101(99)118(112-82(72-33-11-3-12-34-72)46-26-47-83(112)73-35-13-4-14-36-73)103-65-77(64-102(117)110(103)116)74-55-58-87-86-41-19-22-52-96(86)115(97(87)63-74,78-37-15-5-16-38-78)79-39-17-6-18-40-79/h1-69,88,104H. The van der Waals surface area contributed by atoms with Gasteiger partial charge >= 0.3 is 0 Å². The van der Waals surface area contributed by atoms with E-state index in [9.17, 15) is 0 Å². The number of thiophene rings is 2. The highest BCUT2D eigenvalue weighted by Crippen LogP contribution is 2.60. The second kappa shape index (κ2) is 27.1. The fourth-order valence-corrected chi connectivity index (χ4v) is 23.6. The van der Waals surface area contributed by atoms with Crippen LogP contribution >= 0.6 is 22.7 Å². The highest BCUT2D eigenvalue weighted by molar-refractivity contribution is 7.26. The van der Waals surface area contributed by atoms with Crippen LogP contribution in [0.15, 0.2) is 423 Å². The normalized spacial score (nSPS) is 14.9. The van der Waals surface area contributed by atoms with E-state index in [0.29, 0.717) is 0 Å². The lowest BCUT2D eigenvalue weighted by Crippen LogP contribution is -2.61. The molecule has 0 bridgehead atoms. The van der Waals surface area contributed by atoms with Crippen LogP contribution in [0.3, 0.4) is 0 Å². The van der Waals surface area contributed by atoms with Crippen LogP contribution in [0.4, 0.5) is 34.1 Å². The summed E-state index contributed by atoms with van der Waals surface area (Å²) in [5.41, 5.74) is 35.7. The van der Waals surface area contributed by atoms with E-state index in [-0.39, 0.29) is 18.7 Å². The lowest BCUT2D eigenvalue weighted by Gasteiger charge is -2.46.